The fraction of sp³-hybridized carbons (Fsp3) is 0.651. The third-order valence-corrected chi connectivity index (χ3v) is 14.1. The molecule has 4 amide bonds. The van der Waals surface area contributed by atoms with Gasteiger partial charge in [-0.1, -0.05) is 45.8 Å². The van der Waals surface area contributed by atoms with E-state index >= 15 is 0 Å². The first kappa shape index (κ1) is 40.2. The van der Waals surface area contributed by atoms with Crippen LogP contribution in [0.25, 0.3) is 10.9 Å². The number of pyridine rings is 1. The van der Waals surface area contributed by atoms with Crippen LogP contribution < -0.4 is 24.8 Å². The van der Waals surface area contributed by atoms with Crippen LogP contribution in [0.4, 0.5) is 4.79 Å². The summed E-state index contributed by atoms with van der Waals surface area (Å²) in [5.41, 5.74) is 0.696. The molecule has 6 atom stereocenters. The number of rotatable bonds is 8. The molecule has 1 aromatic carbocycles. The van der Waals surface area contributed by atoms with E-state index in [1.807, 2.05) is 45.9 Å². The lowest BCUT2D eigenvalue weighted by Crippen LogP contribution is -2.69. The number of fused-ring (bicyclic) bond motifs is 5. The van der Waals surface area contributed by atoms with E-state index in [0.29, 0.717) is 44.3 Å². The minimum absolute atomic E-state index is 0.0135. The Morgan fingerprint density at radius 3 is 2.61 bits per heavy atom. The van der Waals surface area contributed by atoms with Gasteiger partial charge in [-0.25, -0.2) is 9.78 Å². The van der Waals surface area contributed by atoms with Gasteiger partial charge in [0.2, 0.25) is 11.8 Å². The molecule has 1 aromatic heterocycles. The second-order valence-electron chi connectivity index (χ2n) is 17.3. The van der Waals surface area contributed by atoms with Gasteiger partial charge >= 0.3 is 6.09 Å². The number of hydrogen-bond acceptors (Lipinski definition) is 9. The number of nitrogens with zero attached hydrogens (tertiary/aromatic N) is 2. The third-order valence-electron chi connectivity index (χ3n) is 12.9. The van der Waals surface area contributed by atoms with Crippen molar-refractivity contribution in [1.82, 2.24) is 25.2 Å². The highest BCUT2D eigenvalue weighted by Gasteiger charge is 2.58. The molecule has 0 radical (unpaired) electrons. The first-order valence-electron chi connectivity index (χ1n) is 20.7. The van der Waals surface area contributed by atoms with Crippen molar-refractivity contribution in [1.29, 1.82) is 0 Å². The van der Waals surface area contributed by atoms with E-state index in [0.717, 1.165) is 66.4 Å². The molecule has 3 aliphatic heterocycles. The zero-order valence-electron chi connectivity index (χ0n) is 33.8. The van der Waals surface area contributed by atoms with Crippen LogP contribution in [-0.4, -0.2) is 81.4 Å². The summed E-state index contributed by atoms with van der Waals surface area (Å²) in [6.07, 6.45) is 12.3. The molecule has 1 spiro atoms. The zero-order chi connectivity index (χ0) is 39.8. The van der Waals surface area contributed by atoms with Crippen molar-refractivity contribution in [3.63, 3.8) is 0 Å². The van der Waals surface area contributed by atoms with Gasteiger partial charge in [0.25, 0.3) is 5.91 Å². The number of aromatic nitrogens is 1. The minimum Gasteiger partial charge on any atom is -0.497 e. The summed E-state index contributed by atoms with van der Waals surface area (Å²) < 4.78 is 21.4. The summed E-state index contributed by atoms with van der Waals surface area (Å²) in [4.78, 5) is 63.8. The number of methoxy groups -OCH3 is 1. The predicted octanol–water partition coefficient (Wildman–Crippen LogP) is 6.71. The summed E-state index contributed by atoms with van der Waals surface area (Å²) in [6.45, 7) is 10.1. The lowest BCUT2D eigenvalue weighted by atomic mass is 9.65. The fourth-order valence-electron chi connectivity index (χ4n) is 8.55. The Balaban J connectivity index is 1.24. The number of carbonyl (C=O) groups excluding carboxylic acids is 4. The second-order valence-corrected chi connectivity index (χ2v) is 18.7. The number of benzene rings is 1. The molecule has 13 heteroatoms. The van der Waals surface area contributed by atoms with Crippen LogP contribution in [0.2, 0.25) is 0 Å². The average Bonchev–Trinajstić information content (AvgIpc) is 3.81. The lowest BCUT2D eigenvalue weighted by Gasteiger charge is -2.48. The summed E-state index contributed by atoms with van der Waals surface area (Å²) in [5, 5.41) is 7.09. The van der Waals surface area contributed by atoms with Crippen molar-refractivity contribution >= 4 is 46.7 Å². The number of alkyl carbamates (subject to hydrolysis) is 1. The van der Waals surface area contributed by atoms with Gasteiger partial charge in [-0.15, -0.1) is 0 Å². The summed E-state index contributed by atoms with van der Waals surface area (Å²) >= 11 is 1.44. The monoisotopic (exact) mass is 789 g/mol. The molecule has 3 N–H and O–H groups in total. The molecule has 5 aliphatic rings. The Morgan fingerprint density at radius 2 is 1.91 bits per heavy atom. The molecule has 12 nitrogen and oxygen atoms in total. The number of carbonyl (C=O) groups is 4. The van der Waals surface area contributed by atoms with Gasteiger partial charge in [0.15, 0.2) is 0 Å². The van der Waals surface area contributed by atoms with Crippen molar-refractivity contribution in [3.05, 3.63) is 41.6 Å². The molecule has 2 aromatic rings. The highest BCUT2D eigenvalue weighted by Crippen LogP contribution is 2.49. The molecule has 0 unspecified atom stereocenters. The van der Waals surface area contributed by atoms with E-state index in [4.69, 9.17) is 19.2 Å². The molecule has 56 heavy (non-hydrogen) atoms. The number of nitrogens with one attached hydrogen (secondary N) is 3. The van der Waals surface area contributed by atoms with E-state index in [9.17, 15) is 19.2 Å². The molecule has 2 aliphatic carbocycles. The van der Waals surface area contributed by atoms with Crippen molar-refractivity contribution in [2.24, 2.45) is 11.8 Å². The molecule has 0 bridgehead atoms. The Kier molecular flexibility index (Phi) is 11.6. The van der Waals surface area contributed by atoms with E-state index in [1.165, 1.54) is 11.9 Å². The molecule has 7 rings (SSSR count). The quantitative estimate of drug-likeness (QED) is 0.196. The van der Waals surface area contributed by atoms with Crippen LogP contribution in [0, 0.1) is 11.8 Å². The van der Waals surface area contributed by atoms with Gasteiger partial charge in [0, 0.05) is 28.0 Å². The van der Waals surface area contributed by atoms with Gasteiger partial charge in [-0.2, -0.15) is 0 Å². The summed E-state index contributed by atoms with van der Waals surface area (Å²) in [6, 6.07) is 4.01. The summed E-state index contributed by atoms with van der Waals surface area (Å²) in [5.74, 6) is 0.413. The molecular formula is C43H59N5O7S. The van der Waals surface area contributed by atoms with Gasteiger partial charge in [-0.05, 0) is 114 Å². The Bertz CT molecular complexity index is 1880. The average molecular weight is 790 g/mol. The highest BCUT2D eigenvalue weighted by molar-refractivity contribution is 7.99. The van der Waals surface area contributed by atoms with E-state index < -0.39 is 29.3 Å². The highest BCUT2D eigenvalue weighted by atomic mass is 32.2. The van der Waals surface area contributed by atoms with E-state index in [-0.39, 0.29) is 53.4 Å². The number of aryl methyl sites for hydroxylation is 2. The molecule has 2 saturated carbocycles. The topological polar surface area (TPSA) is 148 Å². The Hall–Kier alpha value is -4.00. The van der Waals surface area contributed by atoms with Crippen LogP contribution in [0.15, 0.2) is 30.4 Å². The standard InChI is InChI=1S/C43H59N5O7S/c1-7-32-36-30(31-23-29(53-6)15-16-33(31)44-32)18-19-42(55-36)24-35-37(49)46-43(39(51)47-56-41(5)21-22-41)20-17-28(43)13-11-9-8-10-12-14-34(38(50)48(35)25-42)45-40(52)54-27(4)26(2)3/h11,13,15-16,23,26-28,34-35H,7-10,12,14,17-22,24-25H2,1-6H3,(H,45,52)(H,46,49)(H,47,51)/b13-11-/t27-,28+,34-,35-,42+,43+/m0/s1. The number of hydrogen-bond donors (Lipinski definition) is 3. The second kappa shape index (κ2) is 16.1. The van der Waals surface area contributed by atoms with Crippen LogP contribution in [0.1, 0.15) is 117 Å². The number of allylic oxidation sites excluding steroid dienone is 1. The Labute approximate surface area is 335 Å². The minimum atomic E-state index is -1.14. The van der Waals surface area contributed by atoms with Crippen molar-refractivity contribution < 1.29 is 33.4 Å². The maximum atomic E-state index is 14.9. The first-order valence-corrected chi connectivity index (χ1v) is 21.5. The number of ether oxygens (including phenoxy) is 3. The van der Waals surface area contributed by atoms with Gasteiger partial charge in [-0.3, -0.25) is 19.1 Å². The Morgan fingerprint density at radius 1 is 1.11 bits per heavy atom. The van der Waals surface area contributed by atoms with Crippen molar-refractivity contribution in [3.8, 4) is 11.5 Å². The molecule has 4 heterocycles. The number of amides is 4. The molecule has 1 saturated heterocycles. The lowest BCUT2D eigenvalue weighted by molar-refractivity contribution is -0.144. The van der Waals surface area contributed by atoms with E-state index in [2.05, 4.69) is 34.4 Å². The molecular weight excluding hydrogens is 731 g/mol. The zero-order valence-corrected chi connectivity index (χ0v) is 34.6. The molecule has 3 fully saturated rings. The van der Waals surface area contributed by atoms with E-state index in [1.54, 1.807) is 12.0 Å². The van der Waals surface area contributed by atoms with Crippen LogP contribution in [0.3, 0.4) is 0 Å². The van der Waals surface area contributed by atoms with Crippen LogP contribution >= 0.6 is 11.9 Å². The van der Waals surface area contributed by atoms with Gasteiger partial charge < -0.3 is 29.7 Å². The maximum absolute atomic E-state index is 14.9. The van der Waals surface area contributed by atoms with Crippen molar-refractivity contribution in [2.75, 3.05) is 13.7 Å². The van der Waals surface area contributed by atoms with Gasteiger partial charge in [0.05, 0.1) is 24.9 Å². The maximum Gasteiger partial charge on any atom is 0.408 e. The van der Waals surface area contributed by atoms with Gasteiger partial charge in [0.1, 0.15) is 40.8 Å². The normalized spacial score (nSPS) is 29.6. The van der Waals surface area contributed by atoms with Crippen LogP contribution in [0.5, 0.6) is 11.5 Å². The third kappa shape index (κ3) is 8.07. The fourth-order valence-corrected chi connectivity index (χ4v) is 9.38. The predicted molar refractivity (Wildman–Crippen MR) is 216 cm³/mol. The molecule has 304 valence electrons. The largest absolute Gasteiger partial charge is 0.497 e. The summed E-state index contributed by atoms with van der Waals surface area (Å²) in [7, 11) is 1.64. The SMILES string of the molecule is CCc1nc2ccc(OC)cc2c2c1O[C@]1(CC2)C[C@H]2C(=O)N[C@]3(C(=O)NSC4(C)CC4)CC[C@H]3/C=C\CCCCC[C@H](NC(=O)O[C@@H](C)C(C)C)C(=O)N2C1. The van der Waals surface area contributed by atoms with Crippen LogP contribution in [-0.2, 0) is 32.0 Å². The van der Waals surface area contributed by atoms with Crippen molar-refractivity contribution in [2.45, 2.75) is 152 Å². The smallest absolute Gasteiger partial charge is 0.408 e. The first-order chi connectivity index (χ1) is 26.8.